The van der Waals surface area contributed by atoms with Crippen molar-refractivity contribution in [3.63, 3.8) is 0 Å². The number of anilines is 1. The van der Waals surface area contributed by atoms with E-state index >= 15 is 0 Å². The molecule has 3 amide bonds. The van der Waals surface area contributed by atoms with E-state index in [9.17, 15) is 9.59 Å². The highest BCUT2D eigenvalue weighted by Gasteiger charge is 2.24. The number of ether oxygens (including phenoxy) is 1. The molecule has 0 aliphatic carbocycles. The predicted octanol–water partition coefficient (Wildman–Crippen LogP) is 2.77. The van der Waals surface area contributed by atoms with Crippen molar-refractivity contribution in [2.24, 2.45) is 5.92 Å². The fourth-order valence-electron chi connectivity index (χ4n) is 2.91. The number of piperidine rings is 1. The van der Waals surface area contributed by atoms with Gasteiger partial charge in [-0.3, -0.25) is 4.79 Å². The molecular formula is C18H27N3O3. The van der Waals surface area contributed by atoms with Crippen LogP contribution in [0.3, 0.4) is 0 Å². The number of likely N-dealkylation sites (tertiary alicyclic amines) is 1. The molecule has 0 aromatic heterocycles. The van der Waals surface area contributed by atoms with Crippen molar-refractivity contribution < 1.29 is 14.3 Å². The molecule has 1 aliphatic heterocycles. The van der Waals surface area contributed by atoms with E-state index in [1.807, 2.05) is 36.9 Å². The molecule has 1 saturated heterocycles. The van der Waals surface area contributed by atoms with Gasteiger partial charge in [0.05, 0.1) is 12.8 Å². The van der Waals surface area contributed by atoms with Crippen LogP contribution in [0.25, 0.3) is 0 Å². The highest BCUT2D eigenvalue weighted by molar-refractivity contribution is 5.91. The van der Waals surface area contributed by atoms with Crippen molar-refractivity contribution in [3.8, 4) is 5.75 Å². The van der Waals surface area contributed by atoms with E-state index in [1.54, 1.807) is 7.11 Å². The minimum absolute atomic E-state index is 0.0565. The molecule has 1 aromatic carbocycles. The Hall–Kier alpha value is -2.24. The number of hydrogen-bond acceptors (Lipinski definition) is 3. The molecule has 0 saturated carbocycles. The summed E-state index contributed by atoms with van der Waals surface area (Å²) in [6, 6.07) is 5.58. The molecule has 1 atom stereocenters. The van der Waals surface area contributed by atoms with Crippen molar-refractivity contribution in [3.05, 3.63) is 23.8 Å². The van der Waals surface area contributed by atoms with Gasteiger partial charge in [0.25, 0.3) is 0 Å². The second kappa shape index (κ2) is 8.57. The van der Waals surface area contributed by atoms with Crippen LogP contribution in [0, 0.1) is 12.8 Å². The number of benzene rings is 1. The third-order valence-electron chi connectivity index (χ3n) is 4.31. The molecule has 6 heteroatoms. The van der Waals surface area contributed by atoms with Crippen molar-refractivity contribution >= 4 is 17.6 Å². The molecular weight excluding hydrogens is 306 g/mol. The number of urea groups is 1. The van der Waals surface area contributed by atoms with Crippen LogP contribution in [0.15, 0.2) is 18.2 Å². The fourth-order valence-corrected chi connectivity index (χ4v) is 2.91. The summed E-state index contributed by atoms with van der Waals surface area (Å²) in [4.78, 5) is 25.8. The first-order valence-electron chi connectivity index (χ1n) is 8.50. The van der Waals surface area contributed by atoms with Gasteiger partial charge in [0, 0.05) is 26.1 Å². The summed E-state index contributed by atoms with van der Waals surface area (Å²) < 4.78 is 5.31. The van der Waals surface area contributed by atoms with Gasteiger partial charge in [0.2, 0.25) is 5.91 Å². The second-order valence-corrected chi connectivity index (χ2v) is 6.25. The van der Waals surface area contributed by atoms with Crippen LogP contribution in [0.5, 0.6) is 5.75 Å². The lowest BCUT2D eigenvalue weighted by atomic mass is 9.98. The maximum atomic E-state index is 12.6. The van der Waals surface area contributed by atoms with Gasteiger partial charge >= 0.3 is 6.03 Å². The Morgan fingerprint density at radius 2 is 2.17 bits per heavy atom. The zero-order chi connectivity index (χ0) is 17.5. The van der Waals surface area contributed by atoms with E-state index in [0.717, 1.165) is 24.9 Å². The molecule has 0 bridgehead atoms. The zero-order valence-corrected chi connectivity index (χ0v) is 14.7. The molecule has 6 nitrogen and oxygen atoms in total. The fraction of sp³-hybridized carbons (Fsp3) is 0.556. The van der Waals surface area contributed by atoms with Crippen molar-refractivity contribution in [2.75, 3.05) is 32.1 Å². The Kier molecular flexibility index (Phi) is 6.46. The minimum atomic E-state index is -0.120. The topological polar surface area (TPSA) is 70.7 Å². The van der Waals surface area contributed by atoms with Crippen molar-refractivity contribution in [1.82, 2.24) is 10.2 Å². The SMILES string of the molecule is CCC(=O)NC[C@@H]1CCCN(C(=O)Nc2cc(C)ccc2OC)C1. The Labute approximate surface area is 143 Å². The second-order valence-electron chi connectivity index (χ2n) is 6.25. The van der Waals surface area contributed by atoms with Crippen LogP contribution < -0.4 is 15.4 Å². The predicted molar refractivity (Wildman–Crippen MR) is 94.3 cm³/mol. The molecule has 1 heterocycles. The van der Waals surface area contributed by atoms with Gasteiger partial charge in [-0.15, -0.1) is 0 Å². The van der Waals surface area contributed by atoms with E-state index in [1.165, 1.54) is 0 Å². The van der Waals surface area contributed by atoms with Crippen molar-refractivity contribution in [2.45, 2.75) is 33.1 Å². The molecule has 1 aliphatic rings. The van der Waals surface area contributed by atoms with Gasteiger partial charge < -0.3 is 20.3 Å². The molecule has 2 rings (SSSR count). The zero-order valence-electron chi connectivity index (χ0n) is 14.7. The van der Waals surface area contributed by atoms with E-state index in [2.05, 4.69) is 10.6 Å². The summed E-state index contributed by atoms with van der Waals surface area (Å²) >= 11 is 0. The van der Waals surface area contributed by atoms with Gasteiger partial charge in [0.1, 0.15) is 5.75 Å². The molecule has 0 unspecified atom stereocenters. The lowest BCUT2D eigenvalue weighted by molar-refractivity contribution is -0.121. The number of hydrogen-bond donors (Lipinski definition) is 2. The molecule has 1 aromatic rings. The monoisotopic (exact) mass is 333 g/mol. The molecule has 0 spiro atoms. The third-order valence-corrected chi connectivity index (χ3v) is 4.31. The summed E-state index contributed by atoms with van der Waals surface area (Å²) in [5, 5.41) is 5.86. The number of methoxy groups -OCH3 is 1. The summed E-state index contributed by atoms with van der Waals surface area (Å²) in [7, 11) is 1.59. The largest absolute Gasteiger partial charge is 0.495 e. The third kappa shape index (κ3) is 4.88. The summed E-state index contributed by atoms with van der Waals surface area (Å²) in [5.74, 6) is 1.01. The Morgan fingerprint density at radius 1 is 1.38 bits per heavy atom. The molecule has 24 heavy (non-hydrogen) atoms. The van der Waals surface area contributed by atoms with E-state index < -0.39 is 0 Å². The van der Waals surface area contributed by atoms with Gasteiger partial charge in [-0.05, 0) is 43.4 Å². The quantitative estimate of drug-likeness (QED) is 0.870. The van der Waals surface area contributed by atoms with Crippen molar-refractivity contribution in [1.29, 1.82) is 0 Å². The average molecular weight is 333 g/mol. The highest BCUT2D eigenvalue weighted by Crippen LogP contribution is 2.26. The van der Waals surface area contributed by atoms with Gasteiger partial charge in [-0.2, -0.15) is 0 Å². The number of nitrogens with zero attached hydrogens (tertiary/aromatic N) is 1. The number of carbonyl (C=O) groups excluding carboxylic acids is 2. The normalized spacial score (nSPS) is 17.3. The van der Waals surface area contributed by atoms with Crippen LogP contribution in [0.2, 0.25) is 0 Å². The number of amides is 3. The summed E-state index contributed by atoms with van der Waals surface area (Å²) in [6.45, 7) is 5.83. The number of carbonyl (C=O) groups is 2. The van der Waals surface area contributed by atoms with Gasteiger partial charge in [-0.25, -0.2) is 4.79 Å². The van der Waals surface area contributed by atoms with E-state index in [4.69, 9.17) is 4.74 Å². The van der Waals surface area contributed by atoms with Crippen LogP contribution in [0.4, 0.5) is 10.5 Å². The molecule has 2 N–H and O–H groups in total. The van der Waals surface area contributed by atoms with Gasteiger partial charge in [0.15, 0.2) is 0 Å². The van der Waals surface area contributed by atoms with Crippen LogP contribution in [-0.4, -0.2) is 43.6 Å². The Bertz CT molecular complexity index is 589. The maximum Gasteiger partial charge on any atom is 0.321 e. The first-order chi connectivity index (χ1) is 11.5. The smallest absolute Gasteiger partial charge is 0.321 e. The van der Waals surface area contributed by atoms with E-state index in [-0.39, 0.29) is 11.9 Å². The number of nitrogens with one attached hydrogen (secondary N) is 2. The standard InChI is InChI=1S/C18H27N3O3/c1-4-17(22)19-11-14-6-5-9-21(12-14)18(23)20-15-10-13(2)7-8-16(15)24-3/h7-8,10,14H,4-6,9,11-12H2,1-3H3,(H,19,22)(H,20,23)/t14-/m0/s1. The van der Waals surface area contributed by atoms with Crippen LogP contribution >= 0.6 is 0 Å². The average Bonchev–Trinajstić information content (AvgIpc) is 2.60. The lowest BCUT2D eigenvalue weighted by Crippen LogP contribution is -2.45. The summed E-state index contributed by atoms with van der Waals surface area (Å²) in [5.41, 5.74) is 1.74. The Morgan fingerprint density at radius 3 is 2.88 bits per heavy atom. The maximum absolute atomic E-state index is 12.6. The Balaban J connectivity index is 1.94. The summed E-state index contributed by atoms with van der Waals surface area (Å²) in [6.07, 6.45) is 2.47. The highest BCUT2D eigenvalue weighted by atomic mass is 16.5. The number of rotatable bonds is 5. The molecule has 0 radical (unpaired) electrons. The van der Waals surface area contributed by atoms with Crippen LogP contribution in [0.1, 0.15) is 31.7 Å². The molecule has 1 fully saturated rings. The molecule has 132 valence electrons. The first-order valence-corrected chi connectivity index (χ1v) is 8.50. The van der Waals surface area contributed by atoms with Crippen LogP contribution in [-0.2, 0) is 4.79 Å². The minimum Gasteiger partial charge on any atom is -0.495 e. The van der Waals surface area contributed by atoms with Gasteiger partial charge in [-0.1, -0.05) is 13.0 Å². The number of aryl methyl sites for hydroxylation is 1. The van der Waals surface area contributed by atoms with E-state index in [0.29, 0.717) is 36.9 Å². The first kappa shape index (κ1) is 18.1. The lowest BCUT2D eigenvalue weighted by Gasteiger charge is -2.33.